The zero-order valence-electron chi connectivity index (χ0n) is 16.0. The number of ether oxygens (including phenoxy) is 1. The molecule has 7 nitrogen and oxygen atoms in total. The molecule has 1 aromatic carbocycles. The molecule has 0 unspecified atom stereocenters. The first-order valence-corrected chi connectivity index (χ1v) is 8.78. The quantitative estimate of drug-likeness (QED) is 0.657. The highest BCUT2D eigenvalue weighted by atomic mass is 16.5. The summed E-state index contributed by atoms with van der Waals surface area (Å²) in [7, 11) is 5.58. The number of methoxy groups -OCH3 is 1. The molecule has 1 heterocycles. The van der Waals surface area contributed by atoms with Crippen molar-refractivity contribution in [2.75, 3.05) is 34.3 Å². The van der Waals surface area contributed by atoms with Crippen LogP contribution in [0, 0.1) is 0 Å². The fraction of sp³-hybridized carbons (Fsp3) is 0.350. The lowest BCUT2D eigenvalue weighted by atomic mass is 10.1. The molecular formula is C20H26N4O3. The van der Waals surface area contributed by atoms with E-state index in [1.54, 1.807) is 13.2 Å². The number of benzene rings is 1. The third kappa shape index (κ3) is 6.71. The van der Waals surface area contributed by atoms with Crippen LogP contribution in [-0.2, 0) is 6.54 Å². The lowest BCUT2D eigenvalue weighted by Gasteiger charge is -2.10. The highest BCUT2D eigenvalue weighted by Gasteiger charge is 2.11. The molecule has 0 aliphatic heterocycles. The largest absolute Gasteiger partial charge is 0.497 e. The molecule has 144 valence electrons. The van der Waals surface area contributed by atoms with E-state index in [-0.39, 0.29) is 11.8 Å². The number of rotatable bonds is 9. The second-order valence-corrected chi connectivity index (χ2v) is 6.41. The van der Waals surface area contributed by atoms with Crippen LogP contribution in [0.3, 0.4) is 0 Å². The fourth-order valence-corrected chi connectivity index (χ4v) is 2.42. The van der Waals surface area contributed by atoms with Gasteiger partial charge in [-0.05, 0) is 50.8 Å². The van der Waals surface area contributed by atoms with E-state index in [1.807, 2.05) is 38.4 Å². The fourth-order valence-electron chi connectivity index (χ4n) is 2.42. The van der Waals surface area contributed by atoms with E-state index >= 15 is 0 Å². The highest BCUT2D eigenvalue weighted by Crippen LogP contribution is 2.11. The van der Waals surface area contributed by atoms with Crippen LogP contribution in [0.1, 0.15) is 32.7 Å². The summed E-state index contributed by atoms with van der Waals surface area (Å²) in [6.07, 6.45) is 3.77. The number of carbonyl (C=O) groups is 2. The van der Waals surface area contributed by atoms with Crippen LogP contribution < -0.4 is 15.4 Å². The number of aromatic nitrogens is 1. The standard InChI is InChI=1S/C20H26N4O3/c1-24(2)10-4-9-22-19(25)16-11-17(14-21-13-16)20(26)23-12-15-5-7-18(27-3)8-6-15/h5-8,11,13-14H,4,9-10,12H2,1-3H3,(H,22,25)(H,23,26). The van der Waals surface area contributed by atoms with Crippen LogP contribution in [0.4, 0.5) is 0 Å². The van der Waals surface area contributed by atoms with Gasteiger partial charge in [0.15, 0.2) is 0 Å². The second-order valence-electron chi connectivity index (χ2n) is 6.41. The monoisotopic (exact) mass is 370 g/mol. The zero-order valence-corrected chi connectivity index (χ0v) is 16.0. The molecule has 2 N–H and O–H groups in total. The van der Waals surface area contributed by atoms with Crippen LogP contribution in [0.15, 0.2) is 42.7 Å². The van der Waals surface area contributed by atoms with Crippen molar-refractivity contribution >= 4 is 11.8 Å². The van der Waals surface area contributed by atoms with Crippen molar-refractivity contribution in [2.45, 2.75) is 13.0 Å². The van der Waals surface area contributed by atoms with Gasteiger partial charge in [0.05, 0.1) is 18.2 Å². The summed E-state index contributed by atoms with van der Waals surface area (Å²) in [5, 5.41) is 5.67. The average molecular weight is 370 g/mol. The molecule has 0 aliphatic rings. The van der Waals surface area contributed by atoms with E-state index in [4.69, 9.17) is 4.74 Å². The van der Waals surface area contributed by atoms with Crippen LogP contribution in [0.25, 0.3) is 0 Å². The summed E-state index contributed by atoms with van der Waals surface area (Å²) in [5.41, 5.74) is 1.67. The van der Waals surface area contributed by atoms with Crippen molar-refractivity contribution in [2.24, 2.45) is 0 Å². The molecule has 27 heavy (non-hydrogen) atoms. The molecule has 0 atom stereocenters. The Morgan fingerprint density at radius 3 is 2.26 bits per heavy atom. The van der Waals surface area contributed by atoms with Crippen molar-refractivity contribution in [3.63, 3.8) is 0 Å². The average Bonchev–Trinajstić information content (AvgIpc) is 2.69. The lowest BCUT2D eigenvalue weighted by molar-refractivity contribution is 0.0950. The summed E-state index contributed by atoms with van der Waals surface area (Å²) in [6.45, 7) is 1.85. The number of hydrogen-bond donors (Lipinski definition) is 2. The molecule has 0 radical (unpaired) electrons. The van der Waals surface area contributed by atoms with Gasteiger partial charge in [-0.25, -0.2) is 0 Å². The summed E-state index contributed by atoms with van der Waals surface area (Å²) in [4.78, 5) is 30.6. The minimum atomic E-state index is -0.277. The van der Waals surface area contributed by atoms with Crippen LogP contribution in [-0.4, -0.2) is 56.0 Å². The minimum absolute atomic E-state index is 0.230. The van der Waals surface area contributed by atoms with Crippen molar-refractivity contribution in [1.29, 1.82) is 0 Å². The molecule has 2 aromatic rings. The van der Waals surface area contributed by atoms with Gasteiger partial charge in [-0.2, -0.15) is 0 Å². The summed E-state index contributed by atoms with van der Waals surface area (Å²) < 4.78 is 5.11. The van der Waals surface area contributed by atoms with Crippen molar-refractivity contribution in [3.05, 3.63) is 59.4 Å². The molecule has 2 rings (SSSR count). The Balaban J connectivity index is 1.89. The van der Waals surface area contributed by atoms with Gasteiger partial charge in [0, 0.05) is 25.5 Å². The van der Waals surface area contributed by atoms with Crippen LogP contribution in [0.5, 0.6) is 5.75 Å². The SMILES string of the molecule is COc1ccc(CNC(=O)c2cncc(C(=O)NCCCN(C)C)c2)cc1. The van der Waals surface area contributed by atoms with E-state index in [1.165, 1.54) is 12.4 Å². The van der Waals surface area contributed by atoms with Crippen molar-refractivity contribution in [1.82, 2.24) is 20.5 Å². The Morgan fingerprint density at radius 1 is 1.04 bits per heavy atom. The second kappa shape index (κ2) is 10.3. The Bertz CT molecular complexity index is 760. The first-order chi connectivity index (χ1) is 13.0. The summed E-state index contributed by atoms with van der Waals surface area (Å²) >= 11 is 0. The Labute approximate surface area is 159 Å². The molecular weight excluding hydrogens is 344 g/mol. The normalized spacial score (nSPS) is 10.5. The molecule has 1 aromatic heterocycles. The lowest BCUT2D eigenvalue weighted by Crippen LogP contribution is -2.28. The van der Waals surface area contributed by atoms with Crippen LogP contribution >= 0.6 is 0 Å². The molecule has 0 saturated carbocycles. The number of nitrogens with one attached hydrogen (secondary N) is 2. The van der Waals surface area contributed by atoms with Crippen molar-refractivity contribution in [3.8, 4) is 5.75 Å². The van der Waals surface area contributed by atoms with Gasteiger partial charge in [0.1, 0.15) is 5.75 Å². The molecule has 0 bridgehead atoms. The third-order valence-corrected chi connectivity index (χ3v) is 3.94. The Kier molecular flexibility index (Phi) is 7.76. The van der Waals surface area contributed by atoms with Gasteiger partial charge in [-0.15, -0.1) is 0 Å². The van der Waals surface area contributed by atoms with Gasteiger partial charge in [0.2, 0.25) is 0 Å². The molecule has 0 fully saturated rings. The van der Waals surface area contributed by atoms with Gasteiger partial charge >= 0.3 is 0 Å². The van der Waals surface area contributed by atoms with Crippen molar-refractivity contribution < 1.29 is 14.3 Å². The topological polar surface area (TPSA) is 83.6 Å². The number of hydrogen-bond acceptors (Lipinski definition) is 5. The molecule has 0 aliphatic carbocycles. The van der Waals surface area contributed by atoms with Gasteiger partial charge in [0.25, 0.3) is 11.8 Å². The maximum absolute atomic E-state index is 12.3. The number of amides is 2. The van der Waals surface area contributed by atoms with Gasteiger partial charge < -0.3 is 20.3 Å². The highest BCUT2D eigenvalue weighted by molar-refractivity contribution is 5.99. The maximum Gasteiger partial charge on any atom is 0.253 e. The first kappa shape index (κ1) is 20.4. The van der Waals surface area contributed by atoms with E-state index in [2.05, 4.69) is 20.5 Å². The summed E-state index contributed by atoms with van der Waals surface area (Å²) in [5.74, 6) is 0.255. The van der Waals surface area contributed by atoms with E-state index in [0.717, 1.165) is 24.3 Å². The maximum atomic E-state index is 12.3. The predicted molar refractivity (Wildman–Crippen MR) is 104 cm³/mol. The van der Waals surface area contributed by atoms with Gasteiger partial charge in [-0.1, -0.05) is 12.1 Å². The Morgan fingerprint density at radius 2 is 1.67 bits per heavy atom. The molecule has 2 amide bonds. The van der Waals surface area contributed by atoms with Crippen LogP contribution in [0.2, 0.25) is 0 Å². The van der Waals surface area contributed by atoms with E-state index in [0.29, 0.717) is 24.2 Å². The molecule has 0 saturated heterocycles. The number of nitrogens with zero attached hydrogens (tertiary/aromatic N) is 2. The smallest absolute Gasteiger partial charge is 0.253 e. The summed E-state index contributed by atoms with van der Waals surface area (Å²) in [6, 6.07) is 9.00. The first-order valence-electron chi connectivity index (χ1n) is 8.78. The van der Waals surface area contributed by atoms with E-state index < -0.39 is 0 Å². The van der Waals surface area contributed by atoms with Gasteiger partial charge in [-0.3, -0.25) is 14.6 Å². The molecule has 7 heteroatoms. The number of carbonyl (C=O) groups excluding carboxylic acids is 2. The number of pyridine rings is 1. The minimum Gasteiger partial charge on any atom is -0.497 e. The zero-order chi connectivity index (χ0) is 19.6. The van der Waals surface area contributed by atoms with E-state index in [9.17, 15) is 9.59 Å². The third-order valence-electron chi connectivity index (χ3n) is 3.94. The molecule has 0 spiro atoms. The predicted octanol–water partition coefficient (Wildman–Crippen LogP) is 1.70. The Hall–Kier alpha value is -2.93.